The molecular formula is C24H24N2O5. The molecule has 2 aromatic carbocycles. The number of unbranched alkanes of at least 4 members (excludes halogenated alkanes) is 1. The van der Waals surface area contributed by atoms with Crippen molar-refractivity contribution in [1.82, 2.24) is 9.55 Å². The standard InChI is InChI=1S/C24H24N2O5/c1-3-4-11-31-21-13-15(5-8-20(21)30-2)12-16-9-10-26-22(16)25-19-14-17(24(28)29)6-7-18(19)23(26)27/h5-8,12-14H,3-4,9-11H2,1-2H3,(H,28,29). The Bertz CT molecular complexity index is 1240. The number of methoxy groups -OCH3 is 1. The quantitative estimate of drug-likeness (QED) is 0.576. The zero-order valence-corrected chi connectivity index (χ0v) is 17.6. The maximum absolute atomic E-state index is 12.9. The Morgan fingerprint density at radius 3 is 2.81 bits per heavy atom. The molecule has 3 aromatic rings. The number of aromatic nitrogens is 2. The van der Waals surface area contributed by atoms with Crippen molar-refractivity contribution in [2.45, 2.75) is 32.7 Å². The van der Waals surface area contributed by atoms with Gasteiger partial charge in [-0.15, -0.1) is 0 Å². The Morgan fingerprint density at radius 1 is 1.23 bits per heavy atom. The molecular weight excluding hydrogens is 396 g/mol. The SMILES string of the molecule is CCCCOc1cc(C=C2CCn3c2nc2cc(C(=O)O)ccc2c3=O)ccc1OC. The van der Waals surface area contributed by atoms with Crippen molar-refractivity contribution < 1.29 is 19.4 Å². The van der Waals surface area contributed by atoms with Gasteiger partial charge in [0.1, 0.15) is 5.82 Å². The second kappa shape index (κ2) is 8.63. The van der Waals surface area contributed by atoms with Crippen LogP contribution in [0.3, 0.4) is 0 Å². The molecule has 2 heterocycles. The number of hydrogen-bond donors (Lipinski definition) is 1. The minimum atomic E-state index is -1.05. The molecule has 1 aliphatic rings. The van der Waals surface area contributed by atoms with Crippen LogP contribution < -0.4 is 15.0 Å². The van der Waals surface area contributed by atoms with E-state index in [1.165, 1.54) is 18.2 Å². The summed E-state index contributed by atoms with van der Waals surface area (Å²) in [5, 5.41) is 9.68. The first kappa shape index (κ1) is 20.7. The van der Waals surface area contributed by atoms with Gasteiger partial charge in [0.15, 0.2) is 11.5 Å². The molecule has 7 nitrogen and oxygen atoms in total. The summed E-state index contributed by atoms with van der Waals surface area (Å²) in [5.74, 6) is 0.878. The molecule has 160 valence electrons. The minimum Gasteiger partial charge on any atom is -0.493 e. The summed E-state index contributed by atoms with van der Waals surface area (Å²) < 4.78 is 12.9. The number of rotatable bonds is 7. The molecule has 7 heteroatoms. The highest BCUT2D eigenvalue weighted by Crippen LogP contribution is 2.32. The van der Waals surface area contributed by atoms with Gasteiger partial charge in [0.05, 0.1) is 30.2 Å². The first-order valence-corrected chi connectivity index (χ1v) is 10.3. The molecule has 0 spiro atoms. The van der Waals surface area contributed by atoms with Gasteiger partial charge in [0, 0.05) is 6.54 Å². The van der Waals surface area contributed by atoms with Crippen molar-refractivity contribution in [3.05, 3.63) is 63.7 Å². The lowest BCUT2D eigenvalue weighted by Crippen LogP contribution is -2.21. The Morgan fingerprint density at radius 2 is 2.06 bits per heavy atom. The van der Waals surface area contributed by atoms with Gasteiger partial charge >= 0.3 is 5.97 Å². The summed E-state index contributed by atoms with van der Waals surface area (Å²) >= 11 is 0. The molecule has 31 heavy (non-hydrogen) atoms. The first-order valence-electron chi connectivity index (χ1n) is 10.3. The lowest BCUT2D eigenvalue weighted by molar-refractivity contribution is 0.0697. The van der Waals surface area contributed by atoms with E-state index >= 15 is 0 Å². The average Bonchev–Trinajstić information content (AvgIpc) is 3.16. The fourth-order valence-electron chi connectivity index (χ4n) is 3.71. The maximum Gasteiger partial charge on any atom is 0.335 e. The van der Waals surface area contributed by atoms with Crippen LogP contribution in [0.2, 0.25) is 0 Å². The third kappa shape index (κ3) is 4.03. The van der Waals surface area contributed by atoms with Gasteiger partial charge in [-0.3, -0.25) is 9.36 Å². The summed E-state index contributed by atoms with van der Waals surface area (Å²) in [4.78, 5) is 28.8. The average molecular weight is 420 g/mol. The van der Waals surface area contributed by atoms with Gasteiger partial charge < -0.3 is 14.6 Å². The normalized spacial score (nSPS) is 14.1. The fourth-order valence-corrected chi connectivity index (χ4v) is 3.71. The highest BCUT2D eigenvalue weighted by atomic mass is 16.5. The van der Waals surface area contributed by atoms with Crippen molar-refractivity contribution in [2.24, 2.45) is 0 Å². The molecule has 4 rings (SSSR count). The number of carboxylic acids is 1. The molecule has 0 radical (unpaired) electrons. The molecule has 0 fully saturated rings. The molecule has 0 amide bonds. The molecule has 0 atom stereocenters. The van der Waals surface area contributed by atoms with Crippen LogP contribution in [-0.4, -0.2) is 34.3 Å². The zero-order chi connectivity index (χ0) is 22.0. The van der Waals surface area contributed by atoms with E-state index in [0.29, 0.717) is 47.8 Å². The van der Waals surface area contributed by atoms with Crippen molar-refractivity contribution in [1.29, 1.82) is 0 Å². The summed E-state index contributed by atoms with van der Waals surface area (Å²) in [6, 6.07) is 10.1. The van der Waals surface area contributed by atoms with E-state index in [9.17, 15) is 14.7 Å². The second-order valence-corrected chi connectivity index (χ2v) is 7.46. The highest BCUT2D eigenvalue weighted by Gasteiger charge is 2.21. The molecule has 1 N–H and O–H groups in total. The Balaban J connectivity index is 1.74. The number of hydrogen-bond acceptors (Lipinski definition) is 5. The van der Waals surface area contributed by atoms with Crippen LogP contribution in [-0.2, 0) is 6.54 Å². The lowest BCUT2D eigenvalue weighted by Gasteiger charge is -2.11. The second-order valence-electron chi connectivity index (χ2n) is 7.46. The Kier molecular flexibility index (Phi) is 5.75. The lowest BCUT2D eigenvalue weighted by atomic mass is 10.1. The fraction of sp³-hybridized carbons (Fsp3) is 0.292. The summed E-state index contributed by atoms with van der Waals surface area (Å²) in [7, 11) is 1.61. The summed E-state index contributed by atoms with van der Waals surface area (Å²) in [5.41, 5.74) is 2.19. The van der Waals surface area contributed by atoms with E-state index < -0.39 is 5.97 Å². The predicted octanol–water partition coefficient (Wildman–Crippen LogP) is 4.23. The van der Waals surface area contributed by atoms with E-state index in [2.05, 4.69) is 11.9 Å². The monoisotopic (exact) mass is 420 g/mol. The third-order valence-electron chi connectivity index (χ3n) is 5.38. The van der Waals surface area contributed by atoms with Crippen molar-refractivity contribution >= 4 is 28.5 Å². The van der Waals surface area contributed by atoms with Crippen LogP contribution in [0.1, 0.15) is 47.9 Å². The van der Waals surface area contributed by atoms with E-state index in [-0.39, 0.29) is 11.1 Å². The topological polar surface area (TPSA) is 90.7 Å². The predicted molar refractivity (Wildman–Crippen MR) is 119 cm³/mol. The van der Waals surface area contributed by atoms with Gasteiger partial charge in [-0.1, -0.05) is 19.4 Å². The van der Waals surface area contributed by atoms with E-state index in [0.717, 1.165) is 24.0 Å². The van der Waals surface area contributed by atoms with Crippen molar-refractivity contribution in [2.75, 3.05) is 13.7 Å². The van der Waals surface area contributed by atoms with Crippen LogP contribution in [0.15, 0.2) is 41.2 Å². The van der Waals surface area contributed by atoms with Gasteiger partial charge in [-0.2, -0.15) is 0 Å². The van der Waals surface area contributed by atoms with Crippen LogP contribution in [0.4, 0.5) is 0 Å². The number of ether oxygens (including phenoxy) is 2. The molecule has 0 bridgehead atoms. The van der Waals surface area contributed by atoms with Gasteiger partial charge in [-0.25, -0.2) is 9.78 Å². The number of fused-ring (bicyclic) bond motifs is 2. The van der Waals surface area contributed by atoms with Crippen LogP contribution >= 0.6 is 0 Å². The third-order valence-corrected chi connectivity index (χ3v) is 5.38. The molecule has 0 aliphatic carbocycles. The van der Waals surface area contributed by atoms with E-state index in [1.807, 2.05) is 24.3 Å². The van der Waals surface area contributed by atoms with Gasteiger partial charge in [0.2, 0.25) is 0 Å². The number of aromatic carboxylic acids is 1. The zero-order valence-electron chi connectivity index (χ0n) is 17.6. The Labute approximate surface area is 179 Å². The first-order chi connectivity index (χ1) is 15.0. The summed E-state index contributed by atoms with van der Waals surface area (Å²) in [6.07, 6.45) is 4.66. The van der Waals surface area contributed by atoms with Gasteiger partial charge in [-0.05, 0) is 60.4 Å². The molecule has 1 aliphatic heterocycles. The minimum absolute atomic E-state index is 0.108. The summed E-state index contributed by atoms with van der Waals surface area (Å²) in [6.45, 7) is 3.27. The number of benzene rings is 2. The van der Waals surface area contributed by atoms with Gasteiger partial charge in [0.25, 0.3) is 5.56 Å². The molecule has 1 aromatic heterocycles. The highest BCUT2D eigenvalue weighted by molar-refractivity contribution is 5.93. The van der Waals surface area contributed by atoms with Crippen molar-refractivity contribution in [3.63, 3.8) is 0 Å². The van der Waals surface area contributed by atoms with E-state index in [4.69, 9.17) is 9.47 Å². The molecule has 0 saturated carbocycles. The molecule has 0 saturated heterocycles. The number of carbonyl (C=O) groups is 1. The number of allylic oxidation sites excluding steroid dienone is 1. The molecule has 0 unspecified atom stereocenters. The van der Waals surface area contributed by atoms with E-state index in [1.54, 1.807) is 11.7 Å². The largest absolute Gasteiger partial charge is 0.493 e. The van der Waals surface area contributed by atoms with Crippen LogP contribution in [0.25, 0.3) is 22.6 Å². The van der Waals surface area contributed by atoms with Crippen LogP contribution in [0.5, 0.6) is 11.5 Å². The number of nitrogens with zero attached hydrogens (tertiary/aromatic N) is 2. The Hall–Kier alpha value is -3.61. The van der Waals surface area contributed by atoms with Crippen molar-refractivity contribution in [3.8, 4) is 11.5 Å². The number of carboxylic acid groups (broad SMARTS) is 1. The van der Waals surface area contributed by atoms with Crippen LogP contribution in [0, 0.1) is 0 Å². The maximum atomic E-state index is 12.9. The smallest absolute Gasteiger partial charge is 0.335 e.